The Morgan fingerprint density at radius 3 is 2.52 bits per heavy atom. The lowest BCUT2D eigenvalue weighted by Gasteiger charge is -2.23. The molecule has 4 heterocycles. The molecule has 0 aromatic carbocycles. The van der Waals surface area contributed by atoms with E-state index in [0.717, 1.165) is 5.65 Å². The maximum Gasteiger partial charge on any atom is 0.286 e. The van der Waals surface area contributed by atoms with Crippen LogP contribution < -0.4 is 4.57 Å². The third-order valence-corrected chi connectivity index (χ3v) is 5.03. The smallest absolute Gasteiger partial charge is 0.221 e. The molecule has 0 aliphatic carbocycles. The molecule has 5 heteroatoms. The normalized spacial score (nSPS) is 13.0. The topological polar surface area (TPSA) is 38.5 Å². The van der Waals surface area contributed by atoms with Gasteiger partial charge >= 0.3 is 0 Å². The summed E-state index contributed by atoms with van der Waals surface area (Å²) >= 11 is 0. The number of pyridine rings is 2. The van der Waals surface area contributed by atoms with Gasteiger partial charge < -0.3 is 0 Å². The minimum Gasteiger partial charge on any atom is -0.221 e. The van der Waals surface area contributed by atoms with Crippen LogP contribution in [0.3, 0.4) is 0 Å². The van der Waals surface area contributed by atoms with Crippen LogP contribution in [0.15, 0.2) is 55.4 Å². The molecule has 0 saturated heterocycles. The van der Waals surface area contributed by atoms with Crippen molar-refractivity contribution < 1.29 is 4.57 Å². The van der Waals surface area contributed by atoms with Gasteiger partial charge in [0, 0.05) is 17.8 Å². The molecule has 0 spiro atoms. The molecule has 0 atom stereocenters. The molecule has 0 radical (unpaired) electrons. The zero-order valence-corrected chi connectivity index (χ0v) is 15.4. The molecule has 0 N–H and O–H groups in total. The maximum atomic E-state index is 4.31. The van der Waals surface area contributed by atoms with Gasteiger partial charge in [-0.25, -0.2) is 18.5 Å². The minimum absolute atomic E-state index is 0.136. The minimum atomic E-state index is -0.203. The second kappa shape index (κ2) is 5.15. The number of rotatable bonds is 2. The Morgan fingerprint density at radius 1 is 0.960 bits per heavy atom. The highest BCUT2D eigenvalue weighted by molar-refractivity contribution is 5.42. The van der Waals surface area contributed by atoms with E-state index in [2.05, 4.69) is 96.5 Å². The van der Waals surface area contributed by atoms with Crippen molar-refractivity contribution in [3.05, 3.63) is 66.5 Å². The predicted octanol–water partition coefficient (Wildman–Crippen LogP) is 3.35. The van der Waals surface area contributed by atoms with Crippen LogP contribution >= 0.6 is 0 Å². The van der Waals surface area contributed by atoms with Crippen LogP contribution in [0.2, 0.25) is 0 Å². The van der Waals surface area contributed by atoms with Crippen molar-refractivity contribution in [2.45, 2.75) is 45.6 Å². The van der Waals surface area contributed by atoms with E-state index in [9.17, 15) is 0 Å². The summed E-state index contributed by atoms with van der Waals surface area (Å²) < 4.78 is 6.30. The van der Waals surface area contributed by atoms with Crippen molar-refractivity contribution >= 4 is 11.3 Å². The first-order chi connectivity index (χ1) is 11.8. The highest BCUT2D eigenvalue weighted by Crippen LogP contribution is 2.25. The number of nitrogens with zero attached hydrogens (tertiary/aromatic N) is 5. The summed E-state index contributed by atoms with van der Waals surface area (Å²) in [5.41, 5.74) is 4.49. The van der Waals surface area contributed by atoms with Crippen molar-refractivity contribution in [1.82, 2.24) is 19.0 Å². The molecule has 0 bridgehead atoms. The number of hydrogen-bond acceptors (Lipinski definition) is 2. The van der Waals surface area contributed by atoms with Crippen molar-refractivity contribution in [3.8, 4) is 0 Å². The van der Waals surface area contributed by atoms with Gasteiger partial charge in [0.1, 0.15) is 24.3 Å². The molecule has 4 aromatic heterocycles. The maximum absolute atomic E-state index is 4.31. The van der Waals surface area contributed by atoms with Gasteiger partial charge in [-0.05, 0) is 43.0 Å². The Kier molecular flexibility index (Phi) is 3.26. The SMILES string of the molecule is CC(C)(C)c1ccc2n(cc[n+]2C(C)(C)c2ccn3ncnc3c2)c1. The Bertz CT molecular complexity index is 1060. The van der Waals surface area contributed by atoms with Crippen LogP contribution in [0.1, 0.15) is 45.7 Å². The van der Waals surface area contributed by atoms with E-state index in [1.807, 2.05) is 6.20 Å². The van der Waals surface area contributed by atoms with E-state index < -0.39 is 0 Å². The van der Waals surface area contributed by atoms with Crippen LogP contribution in [0.25, 0.3) is 11.3 Å². The zero-order chi connectivity index (χ0) is 17.8. The predicted molar refractivity (Wildman–Crippen MR) is 97.7 cm³/mol. The second-order valence-electron chi connectivity index (χ2n) is 8.14. The monoisotopic (exact) mass is 334 g/mol. The second-order valence-corrected chi connectivity index (χ2v) is 8.14. The Hall–Kier alpha value is -2.69. The lowest BCUT2D eigenvalue weighted by atomic mass is 9.88. The Balaban J connectivity index is 1.84. The van der Waals surface area contributed by atoms with Crippen LogP contribution in [0.5, 0.6) is 0 Å². The summed E-state index contributed by atoms with van der Waals surface area (Å²) in [7, 11) is 0. The van der Waals surface area contributed by atoms with Gasteiger partial charge in [0.2, 0.25) is 0 Å². The molecule has 0 amide bonds. The fourth-order valence-corrected chi connectivity index (χ4v) is 3.30. The van der Waals surface area contributed by atoms with Gasteiger partial charge in [-0.15, -0.1) is 0 Å². The highest BCUT2D eigenvalue weighted by atomic mass is 15.3. The molecule has 4 rings (SSSR count). The third-order valence-electron chi connectivity index (χ3n) is 5.03. The molecular formula is C20H24N5+. The lowest BCUT2D eigenvalue weighted by molar-refractivity contribution is -0.723. The molecule has 25 heavy (non-hydrogen) atoms. The van der Waals surface area contributed by atoms with Gasteiger partial charge in [-0.1, -0.05) is 20.8 Å². The van der Waals surface area contributed by atoms with Gasteiger partial charge in [0.15, 0.2) is 5.65 Å². The van der Waals surface area contributed by atoms with E-state index >= 15 is 0 Å². The summed E-state index contributed by atoms with van der Waals surface area (Å²) in [5.74, 6) is 0. The standard InChI is InChI=1S/C20H24N5/c1-19(2,3)16-6-7-18-23(13-16)10-11-24(18)20(4,5)15-8-9-25-17(12-15)21-14-22-25/h6-14H,1-5H3/q+1. The first-order valence-electron chi connectivity index (χ1n) is 8.60. The number of hydrogen-bond donors (Lipinski definition) is 0. The van der Waals surface area contributed by atoms with Crippen molar-refractivity contribution in [1.29, 1.82) is 0 Å². The van der Waals surface area contributed by atoms with Crippen molar-refractivity contribution in [2.24, 2.45) is 0 Å². The molecule has 5 nitrogen and oxygen atoms in total. The fourth-order valence-electron chi connectivity index (χ4n) is 3.30. The molecule has 0 saturated carbocycles. The number of imidazole rings is 1. The van der Waals surface area contributed by atoms with Crippen LogP contribution in [-0.4, -0.2) is 19.0 Å². The third kappa shape index (κ3) is 2.51. The summed E-state index contributed by atoms with van der Waals surface area (Å²) in [6.07, 6.45) is 10.1. The summed E-state index contributed by atoms with van der Waals surface area (Å²) in [5, 5.41) is 4.18. The van der Waals surface area contributed by atoms with Crippen LogP contribution in [-0.2, 0) is 11.0 Å². The average molecular weight is 334 g/mol. The van der Waals surface area contributed by atoms with E-state index in [0.29, 0.717) is 0 Å². The van der Waals surface area contributed by atoms with Gasteiger partial charge in [-0.2, -0.15) is 5.10 Å². The lowest BCUT2D eigenvalue weighted by Crippen LogP contribution is -2.52. The molecule has 4 aromatic rings. The highest BCUT2D eigenvalue weighted by Gasteiger charge is 2.31. The van der Waals surface area contributed by atoms with Crippen molar-refractivity contribution in [2.75, 3.05) is 0 Å². The molecule has 0 aliphatic rings. The largest absolute Gasteiger partial charge is 0.286 e. The van der Waals surface area contributed by atoms with E-state index in [1.165, 1.54) is 16.8 Å². The van der Waals surface area contributed by atoms with E-state index in [-0.39, 0.29) is 11.0 Å². The van der Waals surface area contributed by atoms with E-state index in [1.54, 1.807) is 10.8 Å². The summed E-state index contributed by atoms with van der Waals surface area (Å²) in [6.45, 7) is 11.2. The Morgan fingerprint density at radius 2 is 1.76 bits per heavy atom. The Labute approximate surface area is 147 Å². The van der Waals surface area contributed by atoms with Crippen molar-refractivity contribution in [3.63, 3.8) is 0 Å². The van der Waals surface area contributed by atoms with Crippen LogP contribution in [0.4, 0.5) is 0 Å². The quantitative estimate of drug-likeness (QED) is 0.527. The first-order valence-corrected chi connectivity index (χ1v) is 8.60. The van der Waals surface area contributed by atoms with Crippen LogP contribution in [0, 0.1) is 0 Å². The number of aromatic nitrogens is 5. The molecule has 0 aliphatic heterocycles. The summed E-state index contributed by atoms with van der Waals surface area (Å²) in [4.78, 5) is 4.31. The first kappa shape index (κ1) is 15.8. The summed E-state index contributed by atoms with van der Waals surface area (Å²) in [6, 6.07) is 8.65. The zero-order valence-electron chi connectivity index (χ0n) is 15.4. The average Bonchev–Trinajstić information content (AvgIpc) is 3.19. The van der Waals surface area contributed by atoms with Gasteiger partial charge in [0.05, 0.1) is 6.20 Å². The fraction of sp³-hybridized carbons (Fsp3) is 0.350. The number of fused-ring (bicyclic) bond motifs is 2. The van der Waals surface area contributed by atoms with E-state index in [4.69, 9.17) is 0 Å². The van der Waals surface area contributed by atoms with Gasteiger partial charge in [0.25, 0.3) is 5.65 Å². The molecule has 0 unspecified atom stereocenters. The molecule has 0 fully saturated rings. The molecule has 128 valence electrons. The van der Waals surface area contributed by atoms with Gasteiger partial charge in [-0.3, -0.25) is 0 Å². The molecular weight excluding hydrogens is 310 g/mol.